The molecule has 4 saturated heterocycles. The van der Waals surface area contributed by atoms with Crippen LogP contribution in [0.5, 0.6) is 0 Å². The zero-order valence-corrected chi connectivity index (χ0v) is 37.3. The van der Waals surface area contributed by atoms with Crippen molar-refractivity contribution >= 4 is 94.1 Å². The quantitative estimate of drug-likeness (QED) is 0.135. The van der Waals surface area contributed by atoms with E-state index in [-0.39, 0.29) is 25.2 Å². The van der Waals surface area contributed by atoms with Crippen molar-refractivity contribution in [2.75, 3.05) is 52.9 Å². The second-order valence-electron chi connectivity index (χ2n) is 13.1. The van der Waals surface area contributed by atoms with Gasteiger partial charge in [0.15, 0.2) is 25.2 Å². The molecule has 0 atom stereocenters. The second-order valence-corrected chi connectivity index (χ2v) is 23.1. The van der Waals surface area contributed by atoms with Crippen LogP contribution in [0.3, 0.4) is 0 Å². The van der Waals surface area contributed by atoms with E-state index in [0.29, 0.717) is 52.9 Å². The second kappa shape index (κ2) is 19.3. The molecule has 58 heavy (non-hydrogen) atoms. The van der Waals surface area contributed by atoms with Crippen LogP contribution in [-0.2, 0) is 37.9 Å². The lowest BCUT2D eigenvalue weighted by atomic mass is 10.2. The standard InChI is InChI=1S/C42H36O8S8/c1-9-29(10-2-25(1)33-43-17-18-44-33)51-37-38(52-30-11-3-26(4-12-30)34-45-19-20-46-34)56-41(55-37)42-57-39(53-31-13-5-27(6-14-31)35-47-21-22-48-35)40(58-42)54-32-15-7-28(8-16-32)36-49-23-24-50-36/h1-16,33-36H,17-24H2. The molecule has 0 amide bonds. The number of thioether (sulfide) groups is 8. The van der Waals surface area contributed by atoms with E-state index in [9.17, 15) is 0 Å². The SMILES string of the molecule is c1cc(C2OCCO2)ccc1SC1=C(Sc2ccc(C3OCCO3)cc2)SC(=C2SC(Sc3ccc(C4OCCO4)cc3)=C(Sc3ccc(C4OCCO4)cc3)S2)S1. The van der Waals surface area contributed by atoms with Gasteiger partial charge in [0.1, 0.15) is 0 Å². The third-order valence-corrected chi connectivity index (χ3v) is 20.4. The van der Waals surface area contributed by atoms with Crippen LogP contribution in [-0.4, -0.2) is 52.9 Å². The molecule has 0 spiro atoms. The lowest BCUT2D eigenvalue weighted by Crippen LogP contribution is -1.97. The molecule has 0 aromatic heterocycles. The summed E-state index contributed by atoms with van der Waals surface area (Å²) < 4.78 is 53.6. The highest BCUT2D eigenvalue weighted by atomic mass is 32.3. The summed E-state index contributed by atoms with van der Waals surface area (Å²) in [6.45, 7) is 5.02. The lowest BCUT2D eigenvalue weighted by Gasteiger charge is -2.11. The molecule has 6 aliphatic rings. The minimum Gasteiger partial charge on any atom is -0.346 e. The molecule has 0 radical (unpaired) electrons. The molecular formula is C42H36O8S8. The van der Waals surface area contributed by atoms with E-state index < -0.39 is 0 Å². The van der Waals surface area contributed by atoms with Crippen molar-refractivity contribution in [3.05, 3.63) is 145 Å². The number of rotatable bonds is 12. The fourth-order valence-electron chi connectivity index (χ4n) is 6.37. The summed E-state index contributed by atoms with van der Waals surface area (Å²) in [4.78, 5) is 4.69. The van der Waals surface area contributed by atoms with E-state index in [1.165, 1.54) is 45.0 Å². The third-order valence-electron chi connectivity index (χ3n) is 9.18. The average Bonchev–Trinajstić information content (AvgIpc) is 4.12. The van der Waals surface area contributed by atoms with Gasteiger partial charge in [-0.05, 0) is 48.5 Å². The van der Waals surface area contributed by atoms with Crippen LogP contribution in [0.15, 0.2) is 142 Å². The molecular weight excluding hydrogens is 889 g/mol. The predicted molar refractivity (Wildman–Crippen MR) is 239 cm³/mol. The molecule has 300 valence electrons. The first-order valence-corrected chi connectivity index (χ1v) is 25.2. The summed E-state index contributed by atoms with van der Waals surface area (Å²) in [5, 5.41) is 0. The molecule has 8 nitrogen and oxygen atoms in total. The molecule has 10 rings (SSSR count). The molecule has 4 fully saturated rings. The largest absolute Gasteiger partial charge is 0.346 e. The van der Waals surface area contributed by atoms with Gasteiger partial charge in [0.05, 0.1) is 78.3 Å². The monoisotopic (exact) mass is 924 g/mol. The van der Waals surface area contributed by atoms with Crippen molar-refractivity contribution in [1.29, 1.82) is 0 Å². The van der Waals surface area contributed by atoms with E-state index >= 15 is 0 Å². The Kier molecular flexibility index (Phi) is 13.5. The number of hydrogen-bond donors (Lipinski definition) is 0. The van der Waals surface area contributed by atoms with Crippen molar-refractivity contribution in [3.63, 3.8) is 0 Å². The minimum atomic E-state index is -0.287. The van der Waals surface area contributed by atoms with Gasteiger partial charge in [-0.25, -0.2) is 0 Å². The van der Waals surface area contributed by atoms with Crippen LogP contribution in [0.1, 0.15) is 47.4 Å². The average molecular weight is 925 g/mol. The van der Waals surface area contributed by atoms with E-state index in [2.05, 4.69) is 97.1 Å². The first kappa shape index (κ1) is 40.6. The Morgan fingerprint density at radius 3 is 0.672 bits per heavy atom. The zero-order chi connectivity index (χ0) is 38.7. The summed E-state index contributed by atoms with van der Waals surface area (Å²) in [6.07, 6.45) is -1.15. The molecule has 6 heterocycles. The molecule has 4 aromatic carbocycles. The highest BCUT2D eigenvalue weighted by Gasteiger charge is 2.33. The molecule has 4 aromatic rings. The van der Waals surface area contributed by atoms with Gasteiger partial charge in [0, 0.05) is 41.8 Å². The number of hydrogen-bond acceptors (Lipinski definition) is 16. The normalized spacial score (nSPS) is 21.2. The van der Waals surface area contributed by atoms with E-state index in [1.54, 1.807) is 0 Å². The van der Waals surface area contributed by atoms with Crippen LogP contribution in [0.2, 0.25) is 0 Å². The fraction of sp³-hybridized carbons (Fsp3) is 0.286. The first-order valence-electron chi connectivity index (χ1n) is 18.7. The summed E-state index contributed by atoms with van der Waals surface area (Å²) in [5.74, 6) is 0. The zero-order valence-electron chi connectivity index (χ0n) is 30.7. The summed E-state index contributed by atoms with van der Waals surface area (Å²) >= 11 is 14.7. The maximum Gasteiger partial charge on any atom is 0.184 e. The van der Waals surface area contributed by atoms with Crippen molar-refractivity contribution in [1.82, 2.24) is 0 Å². The Morgan fingerprint density at radius 2 is 0.483 bits per heavy atom. The van der Waals surface area contributed by atoms with Crippen molar-refractivity contribution in [2.24, 2.45) is 0 Å². The number of ether oxygens (including phenoxy) is 8. The Morgan fingerprint density at radius 1 is 0.293 bits per heavy atom. The highest BCUT2D eigenvalue weighted by molar-refractivity contribution is 8.45. The van der Waals surface area contributed by atoms with Gasteiger partial charge >= 0.3 is 0 Å². The Balaban J connectivity index is 0.910. The van der Waals surface area contributed by atoms with Gasteiger partial charge in [-0.2, -0.15) is 0 Å². The summed E-state index contributed by atoms with van der Waals surface area (Å²) in [5.41, 5.74) is 4.17. The van der Waals surface area contributed by atoms with Crippen molar-refractivity contribution < 1.29 is 37.9 Å². The molecule has 0 N–H and O–H groups in total. The molecule has 6 aliphatic heterocycles. The van der Waals surface area contributed by atoms with Gasteiger partial charge in [-0.1, -0.05) is 143 Å². The van der Waals surface area contributed by atoms with Gasteiger partial charge in [-0.3, -0.25) is 0 Å². The van der Waals surface area contributed by atoms with Crippen molar-refractivity contribution in [2.45, 2.75) is 44.7 Å². The Hall–Kier alpha value is -1.42. The number of benzene rings is 4. The molecule has 0 saturated carbocycles. The van der Waals surface area contributed by atoms with Crippen LogP contribution in [0, 0.1) is 0 Å². The molecule has 0 bridgehead atoms. The third kappa shape index (κ3) is 9.78. The maximum absolute atomic E-state index is 5.75. The fourth-order valence-corrected chi connectivity index (χ4v) is 17.8. The molecule has 0 aliphatic carbocycles. The van der Waals surface area contributed by atoms with E-state index in [1.807, 2.05) is 94.1 Å². The summed E-state index contributed by atoms with van der Waals surface area (Å²) in [6, 6.07) is 34.3. The smallest absolute Gasteiger partial charge is 0.184 e. The first-order chi connectivity index (χ1) is 28.7. The lowest BCUT2D eigenvalue weighted by molar-refractivity contribution is -0.0443. The highest BCUT2D eigenvalue weighted by Crippen LogP contribution is 2.68. The van der Waals surface area contributed by atoms with Gasteiger partial charge in [0.2, 0.25) is 0 Å². The minimum absolute atomic E-state index is 0.287. The molecule has 0 unspecified atom stereocenters. The van der Waals surface area contributed by atoms with Gasteiger partial charge in [-0.15, -0.1) is 0 Å². The van der Waals surface area contributed by atoms with Crippen LogP contribution in [0.25, 0.3) is 0 Å². The van der Waals surface area contributed by atoms with Gasteiger partial charge in [0.25, 0.3) is 0 Å². The summed E-state index contributed by atoms with van der Waals surface area (Å²) in [7, 11) is 0. The molecule has 16 heteroatoms. The van der Waals surface area contributed by atoms with Gasteiger partial charge < -0.3 is 37.9 Å². The Bertz CT molecular complexity index is 1850. The van der Waals surface area contributed by atoms with Crippen LogP contribution >= 0.6 is 94.1 Å². The van der Waals surface area contributed by atoms with Crippen LogP contribution < -0.4 is 0 Å². The van der Waals surface area contributed by atoms with E-state index in [4.69, 9.17) is 37.9 Å². The van der Waals surface area contributed by atoms with Crippen molar-refractivity contribution in [3.8, 4) is 0 Å². The van der Waals surface area contributed by atoms with Crippen LogP contribution in [0.4, 0.5) is 0 Å². The Labute approximate surface area is 371 Å². The topological polar surface area (TPSA) is 73.8 Å². The maximum atomic E-state index is 5.75. The van der Waals surface area contributed by atoms with E-state index in [0.717, 1.165) is 22.3 Å². The predicted octanol–water partition coefficient (Wildman–Crippen LogP) is 12.7.